The molecule has 0 spiro atoms. The maximum Gasteiger partial charge on any atom is 0.265 e. The summed E-state index contributed by atoms with van der Waals surface area (Å²) in [5, 5.41) is 20.8. The Morgan fingerprint density at radius 2 is 1.74 bits per heavy atom. The molecule has 3 aromatic carbocycles. The van der Waals surface area contributed by atoms with Crippen molar-refractivity contribution >= 4 is 33.3 Å². The number of carbonyl (C=O) groups excluding carboxylic acids is 1. The third kappa shape index (κ3) is 3.31. The number of carbonyl (C=O) groups is 1. The van der Waals surface area contributed by atoms with Crippen LogP contribution in [-0.4, -0.2) is 16.0 Å². The monoisotopic (exact) mass is 357 g/mol. The number of nitrogens with zero attached hydrogens (tertiary/aromatic N) is 2. The van der Waals surface area contributed by atoms with E-state index in [0.29, 0.717) is 29.5 Å². The lowest BCUT2D eigenvalue weighted by atomic mass is 10.0. The van der Waals surface area contributed by atoms with Gasteiger partial charge < -0.3 is 10.1 Å². The van der Waals surface area contributed by atoms with Gasteiger partial charge in [-0.1, -0.05) is 42.5 Å². The molecule has 0 aliphatic rings. The largest absolute Gasteiger partial charge is 0.507 e. The molecule has 4 aromatic rings. The standard InChI is InChI=1S/C22H19N3O2/c1-14-12-20(17-7-2-3-8-18(17)22(14)27)24-25-21(26)11-10-15-13-23-19-9-5-4-6-16(15)19/h2-9,12-13,23,27H,10-11H2,1H3. The molecule has 0 atom stereocenters. The molecule has 0 radical (unpaired) electrons. The Kier molecular flexibility index (Phi) is 4.42. The van der Waals surface area contributed by atoms with E-state index in [-0.39, 0.29) is 11.7 Å². The lowest BCUT2D eigenvalue weighted by molar-refractivity contribution is -0.118. The summed E-state index contributed by atoms with van der Waals surface area (Å²) < 4.78 is 0. The summed E-state index contributed by atoms with van der Waals surface area (Å²) in [7, 11) is 0. The first kappa shape index (κ1) is 17.0. The molecule has 27 heavy (non-hydrogen) atoms. The number of nitrogens with one attached hydrogen (secondary N) is 1. The van der Waals surface area contributed by atoms with Gasteiger partial charge in [0, 0.05) is 34.3 Å². The zero-order valence-electron chi connectivity index (χ0n) is 14.9. The number of fused-ring (bicyclic) bond motifs is 2. The van der Waals surface area contributed by atoms with Crippen LogP contribution in [0.25, 0.3) is 21.7 Å². The van der Waals surface area contributed by atoms with Crippen molar-refractivity contribution in [2.75, 3.05) is 0 Å². The number of rotatable bonds is 4. The van der Waals surface area contributed by atoms with Gasteiger partial charge in [0.15, 0.2) is 0 Å². The normalized spacial score (nSPS) is 11.6. The predicted molar refractivity (Wildman–Crippen MR) is 106 cm³/mol. The molecule has 1 aromatic heterocycles. The molecule has 0 saturated carbocycles. The Morgan fingerprint density at radius 3 is 2.56 bits per heavy atom. The van der Waals surface area contributed by atoms with Gasteiger partial charge in [-0.25, -0.2) is 0 Å². The van der Waals surface area contributed by atoms with Crippen LogP contribution in [0.3, 0.4) is 0 Å². The van der Waals surface area contributed by atoms with Crippen LogP contribution in [0, 0.1) is 6.92 Å². The molecule has 2 N–H and O–H groups in total. The SMILES string of the molecule is Cc1cc(N=NC(=O)CCc2c[nH]c3ccccc23)c2ccccc2c1O. The van der Waals surface area contributed by atoms with E-state index in [9.17, 15) is 9.90 Å². The maximum atomic E-state index is 12.2. The van der Waals surface area contributed by atoms with Crippen LogP contribution in [0.15, 0.2) is 71.0 Å². The molecule has 1 heterocycles. The third-order valence-corrected chi connectivity index (χ3v) is 4.74. The van der Waals surface area contributed by atoms with Crippen LogP contribution in [0.2, 0.25) is 0 Å². The minimum Gasteiger partial charge on any atom is -0.507 e. The molecule has 0 unspecified atom stereocenters. The Labute approximate surface area is 156 Å². The first-order valence-electron chi connectivity index (χ1n) is 8.84. The quantitative estimate of drug-likeness (QED) is 0.468. The van der Waals surface area contributed by atoms with Crippen LogP contribution in [0.4, 0.5) is 5.69 Å². The van der Waals surface area contributed by atoms with E-state index in [2.05, 4.69) is 15.2 Å². The van der Waals surface area contributed by atoms with Gasteiger partial charge in [-0.15, -0.1) is 10.2 Å². The Morgan fingerprint density at radius 1 is 1.04 bits per heavy atom. The zero-order valence-corrected chi connectivity index (χ0v) is 14.9. The molecule has 0 aliphatic heterocycles. The lowest BCUT2D eigenvalue weighted by Gasteiger charge is -2.06. The van der Waals surface area contributed by atoms with Crippen molar-refractivity contribution in [3.63, 3.8) is 0 Å². The van der Waals surface area contributed by atoms with E-state index in [1.807, 2.05) is 54.7 Å². The van der Waals surface area contributed by atoms with E-state index in [4.69, 9.17) is 0 Å². The fraction of sp³-hybridized carbons (Fsp3) is 0.136. The average molecular weight is 357 g/mol. The number of azo groups is 1. The van der Waals surface area contributed by atoms with Crippen LogP contribution in [0.1, 0.15) is 17.5 Å². The zero-order chi connectivity index (χ0) is 18.8. The molecular weight excluding hydrogens is 338 g/mol. The number of hydrogen-bond acceptors (Lipinski definition) is 3. The summed E-state index contributed by atoms with van der Waals surface area (Å²) >= 11 is 0. The summed E-state index contributed by atoms with van der Waals surface area (Å²) in [6, 6.07) is 17.2. The van der Waals surface area contributed by atoms with E-state index in [1.54, 1.807) is 13.0 Å². The van der Waals surface area contributed by atoms with Gasteiger partial charge in [0.1, 0.15) is 5.75 Å². The Bertz CT molecular complexity index is 1170. The fourth-order valence-corrected chi connectivity index (χ4v) is 3.30. The summed E-state index contributed by atoms with van der Waals surface area (Å²) in [6.45, 7) is 1.81. The van der Waals surface area contributed by atoms with E-state index in [0.717, 1.165) is 21.9 Å². The second-order valence-electron chi connectivity index (χ2n) is 6.56. The van der Waals surface area contributed by atoms with Gasteiger partial charge >= 0.3 is 0 Å². The molecular formula is C22H19N3O2. The molecule has 0 bridgehead atoms. The van der Waals surface area contributed by atoms with Crippen LogP contribution < -0.4 is 0 Å². The van der Waals surface area contributed by atoms with Crippen molar-refractivity contribution in [1.29, 1.82) is 0 Å². The Hall–Kier alpha value is -3.47. The molecule has 5 heteroatoms. The number of phenolic OH excluding ortho intramolecular Hbond substituents is 1. The van der Waals surface area contributed by atoms with Crippen molar-refractivity contribution < 1.29 is 9.90 Å². The molecule has 4 rings (SSSR count). The minimum absolute atomic E-state index is 0.232. The van der Waals surface area contributed by atoms with Gasteiger partial charge in [-0.3, -0.25) is 4.79 Å². The number of aryl methyl sites for hydroxylation is 2. The van der Waals surface area contributed by atoms with Crippen LogP contribution in [-0.2, 0) is 11.2 Å². The number of aromatic hydroxyl groups is 1. The van der Waals surface area contributed by atoms with Gasteiger partial charge in [0.2, 0.25) is 0 Å². The molecule has 1 amide bonds. The topological polar surface area (TPSA) is 77.8 Å². The summed E-state index contributed by atoms with van der Waals surface area (Å²) in [5.74, 6) is -0.0368. The van der Waals surface area contributed by atoms with E-state index < -0.39 is 0 Å². The molecule has 5 nitrogen and oxygen atoms in total. The van der Waals surface area contributed by atoms with Crippen LogP contribution in [0.5, 0.6) is 5.75 Å². The molecule has 0 saturated heterocycles. The highest BCUT2D eigenvalue weighted by molar-refractivity contribution is 5.97. The van der Waals surface area contributed by atoms with Gasteiger partial charge in [0.05, 0.1) is 5.69 Å². The molecule has 0 fully saturated rings. The van der Waals surface area contributed by atoms with Crippen molar-refractivity contribution in [2.45, 2.75) is 19.8 Å². The highest BCUT2D eigenvalue weighted by Gasteiger charge is 2.09. The number of benzene rings is 3. The van der Waals surface area contributed by atoms with Gasteiger partial charge in [-0.05, 0) is 36.6 Å². The van der Waals surface area contributed by atoms with Gasteiger partial charge in [-0.2, -0.15) is 0 Å². The minimum atomic E-state index is -0.268. The van der Waals surface area contributed by atoms with E-state index in [1.165, 1.54) is 0 Å². The smallest absolute Gasteiger partial charge is 0.265 e. The first-order chi connectivity index (χ1) is 13.1. The molecule has 134 valence electrons. The average Bonchev–Trinajstić information content (AvgIpc) is 3.11. The number of H-pyrrole nitrogens is 1. The number of aromatic amines is 1. The second-order valence-corrected chi connectivity index (χ2v) is 6.56. The molecule has 0 aliphatic carbocycles. The number of aromatic nitrogens is 1. The Balaban J connectivity index is 1.52. The number of hydrogen-bond donors (Lipinski definition) is 2. The first-order valence-corrected chi connectivity index (χ1v) is 8.84. The number of phenols is 1. The summed E-state index contributed by atoms with van der Waals surface area (Å²) in [6.07, 6.45) is 2.84. The third-order valence-electron chi connectivity index (χ3n) is 4.74. The highest BCUT2D eigenvalue weighted by Crippen LogP contribution is 2.35. The summed E-state index contributed by atoms with van der Waals surface area (Å²) in [5.41, 5.74) is 3.45. The van der Waals surface area contributed by atoms with Crippen molar-refractivity contribution in [3.05, 3.63) is 71.9 Å². The highest BCUT2D eigenvalue weighted by atomic mass is 16.3. The van der Waals surface area contributed by atoms with Gasteiger partial charge in [0.25, 0.3) is 5.91 Å². The van der Waals surface area contributed by atoms with Crippen molar-refractivity contribution in [1.82, 2.24) is 4.98 Å². The van der Waals surface area contributed by atoms with Crippen molar-refractivity contribution in [2.24, 2.45) is 10.2 Å². The maximum absolute atomic E-state index is 12.2. The van der Waals surface area contributed by atoms with E-state index >= 15 is 0 Å². The van der Waals surface area contributed by atoms with Crippen molar-refractivity contribution in [3.8, 4) is 5.75 Å². The number of para-hydroxylation sites is 1. The second kappa shape index (κ2) is 7.03. The summed E-state index contributed by atoms with van der Waals surface area (Å²) in [4.78, 5) is 15.4. The number of amides is 1. The predicted octanol–water partition coefficient (Wildman–Crippen LogP) is 5.58. The lowest BCUT2D eigenvalue weighted by Crippen LogP contribution is -1.95. The van der Waals surface area contributed by atoms with Crippen LogP contribution >= 0.6 is 0 Å². The fourth-order valence-electron chi connectivity index (χ4n) is 3.30.